The summed E-state index contributed by atoms with van der Waals surface area (Å²) in [5, 5.41) is 11.1. The van der Waals surface area contributed by atoms with Gasteiger partial charge in [-0.05, 0) is 42.3 Å². The molecule has 0 radical (unpaired) electrons. The zero-order chi connectivity index (χ0) is 23.9. The highest BCUT2D eigenvalue weighted by molar-refractivity contribution is 6.46. The summed E-state index contributed by atoms with van der Waals surface area (Å²) in [6.07, 6.45) is 5.61. The second kappa shape index (κ2) is 11.1. The highest BCUT2D eigenvalue weighted by Crippen LogP contribution is 2.39. The quantitative estimate of drug-likeness (QED) is 0.265. The zero-order valence-corrected chi connectivity index (χ0v) is 19.1. The molecule has 8 heteroatoms. The molecule has 178 valence electrons. The molecule has 2 saturated heterocycles. The topological polar surface area (TPSA) is 92.2 Å². The van der Waals surface area contributed by atoms with Crippen molar-refractivity contribution in [3.63, 3.8) is 0 Å². The summed E-state index contributed by atoms with van der Waals surface area (Å²) in [6, 6.07) is 9.62. The van der Waals surface area contributed by atoms with E-state index < -0.39 is 17.7 Å². The lowest BCUT2D eigenvalue weighted by molar-refractivity contribution is -0.140. The minimum Gasteiger partial charge on any atom is -0.507 e. The number of ketones is 1. The van der Waals surface area contributed by atoms with Crippen LogP contribution in [-0.4, -0.2) is 77.6 Å². The fourth-order valence-electron chi connectivity index (χ4n) is 4.30. The van der Waals surface area contributed by atoms with Crippen LogP contribution in [0.2, 0.25) is 0 Å². The minimum atomic E-state index is -0.699. The molecule has 3 heterocycles. The summed E-state index contributed by atoms with van der Waals surface area (Å²) in [4.78, 5) is 34.1. The Kier molecular flexibility index (Phi) is 7.72. The third-order valence-corrected chi connectivity index (χ3v) is 6.01. The molecule has 2 aliphatic heterocycles. The summed E-state index contributed by atoms with van der Waals surface area (Å²) in [5.41, 5.74) is 1.19. The lowest BCUT2D eigenvalue weighted by Gasteiger charge is -2.29. The van der Waals surface area contributed by atoms with Gasteiger partial charge in [-0.25, -0.2) is 0 Å². The van der Waals surface area contributed by atoms with E-state index in [2.05, 4.69) is 16.5 Å². The number of hydrogen-bond donors (Lipinski definition) is 1. The van der Waals surface area contributed by atoms with Gasteiger partial charge < -0.3 is 19.5 Å². The molecule has 34 heavy (non-hydrogen) atoms. The first-order chi connectivity index (χ1) is 16.6. The zero-order valence-electron chi connectivity index (χ0n) is 19.1. The van der Waals surface area contributed by atoms with Crippen molar-refractivity contribution >= 4 is 17.4 Å². The number of likely N-dealkylation sites (tertiary alicyclic amines) is 1. The average molecular weight is 464 g/mol. The van der Waals surface area contributed by atoms with E-state index in [9.17, 15) is 14.7 Å². The van der Waals surface area contributed by atoms with Crippen LogP contribution in [0.15, 0.2) is 67.0 Å². The van der Waals surface area contributed by atoms with Gasteiger partial charge in [-0.3, -0.25) is 19.5 Å². The van der Waals surface area contributed by atoms with Gasteiger partial charge in [-0.15, -0.1) is 0 Å². The summed E-state index contributed by atoms with van der Waals surface area (Å²) < 4.78 is 10.9. The molecule has 0 bridgehead atoms. The highest BCUT2D eigenvalue weighted by atomic mass is 16.5. The Morgan fingerprint density at radius 2 is 1.94 bits per heavy atom. The van der Waals surface area contributed by atoms with Crippen LogP contribution in [0.25, 0.3) is 5.76 Å². The first-order valence-corrected chi connectivity index (χ1v) is 11.4. The van der Waals surface area contributed by atoms with Crippen LogP contribution in [0.1, 0.15) is 23.6 Å². The number of carbonyl (C=O) groups is 2. The molecule has 2 aliphatic rings. The lowest BCUT2D eigenvalue weighted by Crippen LogP contribution is -2.39. The number of pyridine rings is 1. The number of Topliss-reactive ketones (excluding diaryl/α,β-unsaturated/α-hetero) is 1. The van der Waals surface area contributed by atoms with E-state index in [0.717, 1.165) is 19.6 Å². The van der Waals surface area contributed by atoms with Gasteiger partial charge in [0.25, 0.3) is 11.7 Å². The smallest absolute Gasteiger partial charge is 0.295 e. The Hall–Kier alpha value is -3.49. The van der Waals surface area contributed by atoms with Crippen LogP contribution in [-0.2, 0) is 14.3 Å². The van der Waals surface area contributed by atoms with E-state index in [0.29, 0.717) is 49.7 Å². The van der Waals surface area contributed by atoms with Gasteiger partial charge in [0, 0.05) is 44.1 Å². The standard InChI is InChI=1S/C26H29N3O5/c1-2-15-34-21-8-6-19(7-9-21)24(30)22-23(20-5-3-10-27-18-20)29(26(32)25(22)31)12-4-11-28-13-16-33-17-14-28/h2-3,5-10,18,23,30H,1,4,11-17H2/t23-/m1/s1. The van der Waals surface area contributed by atoms with Crippen LogP contribution in [0.4, 0.5) is 0 Å². The summed E-state index contributed by atoms with van der Waals surface area (Å²) in [7, 11) is 0. The molecule has 8 nitrogen and oxygen atoms in total. The van der Waals surface area contributed by atoms with Gasteiger partial charge in [-0.1, -0.05) is 18.7 Å². The van der Waals surface area contributed by atoms with E-state index in [4.69, 9.17) is 9.47 Å². The van der Waals surface area contributed by atoms with Gasteiger partial charge in [-0.2, -0.15) is 0 Å². The number of aliphatic hydroxyl groups is 1. The van der Waals surface area contributed by atoms with Gasteiger partial charge in [0.05, 0.1) is 24.8 Å². The van der Waals surface area contributed by atoms with Crippen LogP contribution >= 0.6 is 0 Å². The number of rotatable bonds is 9. The maximum absolute atomic E-state index is 13.1. The number of morpholine rings is 1. The fraction of sp³-hybridized carbons (Fsp3) is 0.346. The molecule has 1 amide bonds. The molecule has 4 rings (SSSR count). The molecule has 0 saturated carbocycles. The predicted octanol–water partition coefficient (Wildman–Crippen LogP) is 2.79. The maximum Gasteiger partial charge on any atom is 0.295 e. The normalized spacial score (nSPS) is 20.5. The van der Waals surface area contributed by atoms with Crippen LogP contribution in [0, 0.1) is 0 Å². The number of amides is 1. The maximum atomic E-state index is 13.1. The average Bonchev–Trinajstić information content (AvgIpc) is 3.13. The number of aromatic nitrogens is 1. The largest absolute Gasteiger partial charge is 0.507 e. The fourth-order valence-corrected chi connectivity index (χ4v) is 4.30. The Bertz CT molecular complexity index is 1050. The number of carbonyl (C=O) groups excluding carboxylic acids is 2. The molecular weight excluding hydrogens is 434 g/mol. The van der Waals surface area contributed by atoms with Crippen LogP contribution in [0.3, 0.4) is 0 Å². The molecule has 1 N–H and O–H groups in total. The number of benzene rings is 1. The Morgan fingerprint density at radius 1 is 1.18 bits per heavy atom. The highest BCUT2D eigenvalue weighted by Gasteiger charge is 2.45. The van der Waals surface area contributed by atoms with E-state index in [-0.39, 0.29) is 11.3 Å². The van der Waals surface area contributed by atoms with Crippen LogP contribution in [0.5, 0.6) is 5.75 Å². The van der Waals surface area contributed by atoms with Crippen molar-refractivity contribution in [3.8, 4) is 5.75 Å². The van der Waals surface area contributed by atoms with Gasteiger partial charge >= 0.3 is 0 Å². The molecule has 1 aromatic carbocycles. The van der Waals surface area contributed by atoms with Crippen molar-refractivity contribution < 1.29 is 24.2 Å². The van der Waals surface area contributed by atoms with Crippen LogP contribution < -0.4 is 4.74 Å². The molecular formula is C26H29N3O5. The molecule has 0 spiro atoms. The Morgan fingerprint density at radius 3 is 2.62 bits per heavy atom. The van der Waals surface area contributed by atoms with Crippen molar-refractivity contribution in [2.75, 3.05) is 46.0 Å². The Balaban J connectivity index is 1.61. The van der Waals surface area contributed by atoms with Crippen molar-refractivity contribution in [1.29, 1.82) is 0 Å². The van der Waals surface area contributed by atoms with E-state index >= 15 is 0 Å². The third-order valence-electron chi connectivity index (χ3n) is 6.01. The minimum absolute atomic E-state index is 0.0733. The molecule has 0 aliphatic carbocycles. The van der Waals surface area contributed by atoms with Crippen molar-refractivity contribution in [1.82, 2.24) is 14.8 Å². The van der Waals surface area contributed by atoms with Gasteiger partial charge in [0.15, 0.2) is 0 Å². The van der Waals surface area contributed by atoms with Crippen molar-refractivity contribution in [3.05, 3.63) is 78.1 Å². The summed E-state index contributed by atoms with van der Waals surface area (Å²) >= 11 is 0. The first kappa shape index (κ1) is 23.7. The first-order valence-electron chi connectivity index (χ1n) is 11.4. The van der Waals surface area contributed by atoms with E-state index in [1.165, 1.54) is 0 Å². The molecule has 0 unspecified atom stereocenters. The number of hydrogen-bond acceptors (Lipinski definition) is 7. The Labute approximate surface area is 199 Å². The molecule has 1 aromatic heterocycles. The van der Waals surface area contributed by atoms with Crippen molar-refractivity contribution in [2.45, 2.75) is 12.5 Å². The molecule has 2 aromatic rings. The second-order valence-corrected chi connectivity index (χ2v) is 8.21. The number of ether oxygens (including phenoxy) is 2. The second-order valence-electron chi connectivity index (χ2n) is 8.21. The SMILES string of the molecule is C=CCOc1ccc(C(O)=C2C(=O)C(=O)N(CCCN3CCOCC3)[C@@H]2c2cccnc2)cc1. The van der Waals surface area contributed by atoms with E-state index in [1.807, 2.05) is 6.07 Å². The monoisotopic (exact) mass is 463 g/mol. The van der Waals surface area contributed by atoms with Gasteiger partial charge in [0.1, 0.15) is 18.1 Å². The molecule has 1 atom stereocenters. The lowest BCUT2D eigenvalue weighted by atomic mass is 9.96. The summed E-state index contributed by atoms with van der Waals surface area (Å²) in [5.74, 6) is -0.894. The van der Waals surface area contributed by atoms with E-state index in [1.54, 1.807) is 53.7 Å². The predicted molar refractivity (Wildman–Crippen MR) is 127 cm³/mol. The van der Waals surface area contributed by atoms with Crippen molar-refractivity contribution in [2.24, 2.45) is 0 Å². The molecule has 2 fully saturated rings. The van der Waals surface area contributed by atoms with Gasteiger partial charge in [0.2, 0.25) is 0 Å². The number of aliphatic hydroxyl groups excluding tert-OH is 1. The summed E-state index contributed by atoms with van der Waals surface area (Å²) in [6.45, 7) is 8.31. The number of nitrogens with zero attached hydrogens (tertiary/aromatic N) is 3. The third kappa shape index (κ3) is 5.18.